The molecule has 1 aliphatic carbocycles. The van der Waals surface area contributed by atoms with E-state index in [1.54, 1.807) is 17.8 Å². The molecular weight excluding hydrogens is 258 g/mol. The molecule has 0 bridgehead atoms. The van der Waals surface area contributed by atoms with Crippen LogP contribution in [0.15, 0.2) is 35.2 Å². The summed E-state index contributed by atoms with van der Waals surface area (Å²) < 4.78 is 5.85. The zero-order valence-corrected chi connectivity index (χ0v) is 11.5. The Balaban J connectivity index is 1.90. The van der Waals surface area contributed by atoms with Gasteiger partial charge in [0.2, 0.25) is 5.88 Å². The summed E-state index contributed by atoms with van der Waals surface area (Å²) in [5, 5.41) is 0. The second-order valence-corrected chi connectivity index (χ2v) is 5.36. The number of nitrogens with two attached hydrogens (primary N) is 1. The summed E-state index contributed by atoms with van der Waals surface area (Å²) in [4.78, 5) is 9.78. The van der Waals surface area contributed by atoms with E-state index in [9.17, 15) is 0 Å². The monoisotopic (exact) mass is 273 g/mol. The average molecular weight is 273 g/mol. The fourth-order valence-corrected chi connectivity index (χ4v) is 2.38. The summed E-state index contributed by atoms with van der Waals surface area (Å²) in [5.41, 5.74) is 5.81. The Morgan fingerprint density at radius 3 is 2.79 bits per heavy atom. The van der Waals surface area contributed by atoms with Gasteiger partial charge in [-0.1, -0.05) is 12.1 Å². The van der Waals surface area contributed by atoms with E-state index in [1.165, 1.54) is 0 Å². The van der Waals surface area contributed by atoms with Crippen LogP contribution in [-0.2, 0) is 0 Å². The molecule has 1 aromatic carbocycles. The first-order valence-corrected chi connectivity index (χ1v) is 7.44. The molecule has 0 radical (unpaired) electrons. The van der Waals surface area contributed by atoms with Crippen molar-refractivity contribution in [3.05, 3.63) is 36.2 Å². The number of para-hydroxylation sites is 1. The van der Waals surface area contributed by atoms with Crippen molar-refractivity contribution in [3.63, 3.8) is 0 Å². The number of hydrogen-bond acceptors (Lipinski definition) is 5. The van der Waals surface area contributed by atoms with Crippen LogP contribution in [-0.4, -0.2) is 16.2 Å². The molecule has 19 heavy (non-hydrogen) atoms. The second-order valence-electron chi connectivity index (χ2n) is 4.52. The summed E-state index contributed by atoms with van der Waals surface area (Å²) in [5.74, 6) is 3.05. The predicted octanol–water partition coefficient (Wildman–Crippen LogP) is 3.45. The van der Waals surface area contributed by atoms with Crippen LogP contribution in [0.2, 0.25) is 0 Å². The Kier molecular flexibility index (Phi) is 3.29. The standard InChI is InChI=1S/C14H15N3OS/c1-19-11-5-3-2-4-10(11)18-13-8-12(15)16-14(17-13)9-6-7-9/h2-5,8-9H,6-7H2,1H3,(H2,15,16,17). The fourth-order valence-electron chi connectivity index (χ4n) is 1.85. The van der Waals surface area contributed by atoms with Crippen LogP contribution in [0, 0.1) is 0 Å². The van der Waals surface area contributed by atoms with E-state index in [1.807, 2.05) is 30.5 Å². The molecule has 2 N–H and O–H groups in total. The molecule has 0 saturated heterocycles. The van der Waals surface area contributed by atoms with Gasteiger partial charge in [0.25, 0.3) is 0 Å². The Bertz CT molecular complexity index is 599. The van der Waals surface area contributed by atoms with Gasteiger partial charge >= 0.3 is 0 Å². The Labute approximate surface area is 116 Å². The molecule has 1 aromatic heterocycles. The average Bonchev–Trinajstić information content (AvgIpc) is 3.23. The van der Waals surface area contributed by atoms with Gasteiger partial charge in [0.05, 0.1) is 0 Å². The lowest BCUT2D eigenvalue weighted by atomic mass is 10.3. The number of anilines is 1. The Hall–Kier alpha value is -1.75. The third-order valence-corrected chi connectivity index (χ3v) is 3.74. The van der Waals surface area contributed by atoms with Crippen molar-refractivity contribution in [1.82, 2.24) is 9.97 Å². The normalized spacial score (nSPS) is 14.4. The van der Waals surface area contributed by atoms with Crippen LogP contribution >= 0.6 is 11.8 Å². The summed E-state index contributed by atoms with van der Waals surface area (Å²) in [6.45, 7) is 0. The lowest BCUT2D eigenvalue weighted by Gasteiger charge is -2.09. The number of rotatable bonds is 4. The first-order chi connectivity index (χ1) is 9.26. The minimum absolute atomic E-state index is 0.460. The zero-order valence-electron chi connectivity index (χ0n) is 10.7. The van der Waals surface area contributed by atoms with Gasteiger partial charge < -0.3 is 10.5 Å². The lowest BCUT2D eigenvalue weighted by molar-refractivity contribution is 0.448. The molecule has 3 rings (SSSR count). The van der Waals surface area contributed by atoms with E-state index in [2.05, 4.69) is 9.97 Å². The van der Waals surface area contributed by atoms with Gasteiger partial charge in [-0.3, -0.25) is 0 Å². The van der Waals surface area contributed by atoms with E-state index in [-0.39, 0.29) is 0 Å². The molecule has 1 heterocycles. The van der Waals surface area contributed by atoms with Gasteiger partial charge in [-0.2, -0.15) is 4.98 Å². The van der Waals surface area contributed by atoms with E-state index in [0.717, 1.165) is 29.3 Å². The van der Waals surface area contributed by atoms with E-state index in [0.29, 0.717) is 17.6 Å². The van der Waals surface area contributed by atoms with Gasteiger partial charge in [-0.05, 0) is 31.2 Å². The number of nitrogen functional groups attached to an aromatic ring is 1. The minimum Gasteiger partial charge on any atom is -0.438 e. The fraction of sp³-hybridized carbons (Fsp3) is 0.286. The highest BCUT2D eigenvalue weighted by atomic mass is 32.2. The Morgan fingerprint density at radius 2 is 2.05 bits per heavy atom. The number of nitrogens with zero attached hydrogens (tertiary/aromatic N) is 2. The molecule has 0 unspecified atom stereocenters. The van der Waals surface area contributed by atoms with Crippen LogP contribution < -0.4 is 10.5 Å². The summed E-state index contributed by atoms with van der Waals surface area (Å²) >= 11 is 1.64. The third kappa shape index (κ3) is 2.81. The third-order valence-electron chi connectivity index (χ3n) is 2.97. The number of hydrogen-bond donors (Lipinski definition) is 1. The number of thioether (sulfide) groups is 1. The highest BCUT2D eigenvalue weighted by molar-refractivity contribution is 7.98. The summed E-state index contributed by atoms with van der Waals surface area (Å²) in [7, 11) is 0. The quantitative estimate of drug-likeness (QED) is 0.864. The highest BCUT2D eigenvalue weighted by Crippen LogP contribution is 2.39. The molecule has 5 heteroatoms. The predicted molar refractivity (Wildman–Crippen MR) is 76.7 cm³/mol. The topological polar surface area (TPSA) is 61.0 Å². The van der Waals surface area contributed by atoms with Gasteiger partial charge in [0.1, 0.15) is 17.4 Å². The maximum absolute atomic E-state index is 5.85. The largest absolute Gasteiger partial charge is 0.438 e. The van der Waals surface area contributed by atoms with E-state index < -0.39 is 0 Å². The maximum Gasteiger partial charge on any atom is 0.224 e. The van der Waals surface area contributed by atoms with Crippen LogP contribution in [0.1, 0.15) is 24.6 Å². The lowest BCUT2D eigenvalue weighted by Crippen LogP contribution is -2.00. The van der Waals surface area contributed by atoms with E-state index >= 15 is 0 Å². The zero-order chi connectivity index (χ0) is 13.2. The Morgan fingerprint density at radius 1 is 1.26 bits per heavy atom. The molecule has 1 saturated carbocycles. The van der Waals surface area contributed by atoms with Crippen molar-refractivity contribution in [2.45, 2.75) is 23.7 Å². The first-order valence-electron chi connectivity index (χ1n) is 6.21. The molecule has 0 spiro atoms. The molecule has 1 fully saturated rings. The van der Waals surface area contributed by atoms with Crippen molar-refractivity contribution >= 4 is 17.6 Å². The smallest absolute Gasteiger partial charge is 0.224 e. The second kappa shape index (κ2) is 5.09. The molecule has 0 atom stereocenters. The minimum atomic E-state index is 0.460. The van der Waals surface area contributed by atoms with Crippen LogP contribution in [0.3, 0.4) is 0 Å². The molecule has 2 aromatic rings. The van der Waals surface area contributed by atoms with Crippen LogP contribution in [0.5, 0.6) is 11.6 Å². The number of ether oxygens (including phenoxy) is 1. The molecule has 1 aliphatic rings. The first kappa shape index (κ1) is 12.3. The van der Waals surface area contributed by atoms with Gasteiger partial charge in [0.15, 0.2) is 0 Å². The van der Waals surface area contributed by atoms with Gasteiger partial charge in [-0.25, -0.2) is 4.98 Å². The molecule has 0 amide bonds. The molecule has 98 valence electrons. The molecule has 0 aliphatic heterocycles. The SMILES string of the molecule is CSc1ccccc1Oc1cc(N)nc(C2CC2)n1. The van der Waals surface area contributed by atoms with Crippen molar-refractivity contribution in [1.29, 1.82) is 0 Å². The van der Waals surface area contributed by atoms with E-state index in [4.69, 9.17) is 10.5 Å². The maximum atomic E-state index is 5.85. The van der Waals surface area contributed by atoms with Crippen molar-refractivity contribution in [2.75, 3.05) is 12.0 Å². The van der Waals surface area contributed by atoms with Gasteiger partial charge in [0, 0.05) is 16.9 Å². The highest BCUT2D eigenvalue weighted by Gasteiger charge is 2.27. The molecule has 4 nitrogen and oxygen atoms in total. The summed E-state index contributed by atoms with van der Waals surface area (Å²) in [6.07, 6.45) is 4.31. The van der Waals surface area contributed by atoms with Crippen molar-refractivity contribution in [2.24, 2.45) is 0 Å². The van der Waals surface area contributed by atoms with Gasteiger partial charge in [-0.15, -0.1) is 11.8 Å². The molecular formula is C14H15N3OS. The van der Waals surface area contributed by atoms with Crippen molar-refractivity contribution in [3.8, 4) is 11.6 Å². The number of aromatic nitrogens is 2. The van der Waals surface area contributed by atoms with Crippen molar-refractivity contribution < 1.29 is 4.74 Å². The van der Waals surface area contributed by atoms with Crippen LogP contribution in [0.4, 0.5) is 5.82 Å². The van der Waals surface area contributed by atoms with Crippen LogP contribution in [0.25, 0.3) is 0 Å². The summed E-state index contributed by atoms with van der Waals surface area (Å²) in [6, 6.07) is 9.56. The number of benzene rings is 1.